The van der Waals surface area contributed by atoms with Crippen LogP contribution in [-0.4, -0.2) is 42.1 Å². The first-order valence-corrected chi connectivity index (χ1v) is 10.6. The van der Waals surface area contributed by atoms with Crippen molar-refractivity contribution in [2.75, 3.05) is 12.3 Å². The third-order valence-corrected chi connectivity index (χ3v) is 5.88. The molecule has 1 aliphatic rings. The molecule has 0 saturated carbocycles. The van der Waals surface area contributed by atoms with Gasteiger partial charge in [0.25, 0.3) is 5.91 Å². The van der Waals surface area contributed by atoms with Gasteiger partial charge >= 0.3 is 0 Å². The van der Waals surface area contributed by atoms with Gasteiger partial charge in [-0.15, -0.1) is 10.2 Å². The van der Waals surface area contributed by atoms with Crippen LogP contribution in [0.15, 0.2) is 67.4 Å². The maximum Gasteiger partial charge on any atom is 0.254 e. The van der Waals surface area contributed by atoms with Crippen LogP contribution in [0.4, 0.5) is 5.95 Å². The van der Waals surface area contributed by atoms with Crippen molar-refractivity contribution in [1.82, 2.24) is 29.6 Å². The second-order valence-electron chi connectivity index (χ2n) is 7.61. The molecule has 4 aromatic rings. The molecule has 3 heterocycles. The molecule has 2 aromatic carbocycles. The molecule has 0 unspecified atom stereocenters. The van der Waals surface area contributed by atoms with Gasteiger partial charge < -0.3 is 10.6 Å². The summed E-state index contributed by atoms with van der Waals surface area (Å²) >= 11 is 6.06. The Hall–Kier alpha value is -3.78. The van der Waals surface area contributed by atoms with Crippen molar-refractivity contribution in [2.45, 2.75) is 18.9 Å². The van der Waals surface area contributed by atoms with Gasteiger partial charge in [0.1, 0.15) is 12.7 Å². The summed E-state index contributed by atoms with van der Waals surface area (Å²) in [4.78, 5) is 24.1. The lowest BCUT2D eigenvalue weighted by Gasteiger charge is -2.26. The quantitative estimate of drug-likeness (QED) is 0.510. The number of anilines is 1. The van der Waals surface area contributed by atoms with Crippen molar-refractivity contribution in [2.24, 2.45) is 0 Å². The number of carbonyl (C=O) groups excluding carboxylic acids is 1. The summed E-state index contributed by atoms with van der Waals surface area (Å²) in [5.41, 5.74) is 9.89. The third-order valence-electron chi connectivity index (χ3n) is 5.63. The first kappa shape index (κ1) is 20.1. The number of aromatic nitrogens is 5. The van der Waals surface area contributed by atoms with Crippen molar-refractivity contribution >= 4 is 23.5 Å². The minimum atomic E-state index is -0.197. The fourth-order valence-electron chi connectivity index (χ4n) is 4.11. The number of nitrogens with two attached hydrogens (primary N) is 1. The van der Waals surface area contributed by atoms with Gasteiger partial charge in [0.05, 0.1) is 11.7 Å². The average molecular weight is 446 g/mol. The molecule has 0 radical (unpaired) electrons. The Balaban J connectivity index is 1.51. The van der Waals surface area contributed by atoms with Gasteiger partial charge in [-0.05, 0) is 48.7 Å². The number of rotatable bonds is 4. The standard InChI is InChI=1S/C23H20ClN7O/c24-17-8-6-15(7-9-17)19-12-26-23(25)29-21(19)20-5-2-10-31(20)22(32)16-3-1-4-18(11-16)30-13-27-28-14-30/h1,3-4,6-9,11-14,20H,2,5,10H2,(H2,25,26,29)/t20-/m0/s1. The molecule has 8 nitrogen and oxygen atoms in total. The molecule has 1 aliphatic heterocycles. The van der Waals surface area contributed by atoms with Crippen molar-refractivity contribution in [1.29, 1.82) is 0 Å². The topological polar surface area (TPSA) is 103 Å². The van der Waals surface area contributed by atoms with Crippen molar-refractivity contribution in [3.8, 4) is 16.8 Å². The molecule has 1 atom stereocenters. The number of halogens is 1. The van der Waals surface area contributed by atoms with Gasteiger partial charge in [0.2, 0.25) is 5.95 Å². The van der Waals surface area contributed by atoms with Crippen LogP contribution in [0.25, 0.3) is 16.8 Å². The third kappa shape index (κ3) is 3.80. The molecule has 2 aromatic heterocycles. The number of amides is 1. The predicted molar refractivity (Wildman–Crippen MR) is 121 cm³/mol. The van der Waals surface area contributed by atoms with Gasteiger partial charge in [0.15, 0.2) is 0 Å². The Morgan fingerprint density at radius 1 is 1.09 bits per heavy atom. The fraction of sp³-hybridized carbons (Fsp3) is 0.174. The van der Waals surface area contributed by atoms with Gasteiger partial charge in [-0.25, -0.2) is 9.97 Å². The van der Waals surface area contributed by atoms with Gasteiger partial charge in [-0.1, -0.05) is 29.8 Å². The van der Waals surface area contributed by atoms with Crippen LogP contribution in [-0.2, 0) is 0 Å². The Bertz CT molecular complexity index is 1260. The Morgan fingerprint density at radius 3 is 2.66 bits per heavy atom. The van der Waals surface area contributed by atoms with E-state index in [1.807, 2.05) is 53.4 Å². The van der Waals surface area contributed by atoms with Crippen LogP contribution in [0.2, 0.25) is 5.02 Å². The van der Waals surface area contributed by atoms with E-state index in [1.165, 1.54) is 0 Å². The normalized spacial score (nSPS) is 15.8. The summed E-state index contributed by atoms with van der Waals surface area (Å²) in [5.74, 6) is 0.133. The molecule has 2 N–H and O–H groups in total. The maximum atomic E-state index is 13.5. The largest absolute Gasteiger partial charge is 0.368 e. The number of hydrogen-bond donors (Lipinski definition) is 1. The van der Waals surface area contributed by atoms with Crippen molar-refractivity contribution in [3.05, 3.63) is 83.7 Å². The van der Waals surface area contributed by atoms with Crippen LogP contribution >= 0.6 is 11.6 Å². The van der Waals surface area contributed by atoms with E-state index in [-0.39, 0.29) is 17.9 Å². The van der Waals surface area contributed by atoms with E-state index in [9.17, 15) is 4.79 Å². The molecule has 0 spiro atoms. The molecule has 160 valence electrons. The summed E-state index contributed by atoms with van der Waals surface area (Å²) < 4.78 is 1.77. The second-order valence-corrected chi connectivity index (χ2v) is 8.05. The second kappa shape index (κ2) is 8.39. The molecule has 9 heteroatoms. The highest BCUT2D eigenvalue weighted by atomic mass is 35.5. The molecule has 0 bridgehead atoms. The highest BCUT2D eigenvalue weighted by Crippen LogP contribution is 2.37. The zero-order valence-corrected chi connectivity index (χ0v) is 17.9. The van der Waals surface area contributed by atoms with E-state index >= 15 is 0 Å². The zero-order chi connectivity index (χ0) is 22.1. The van der Waals surface area contributed by atoms with Crippen LogP contribution < -0.4 is 5.73 Å². The van der Waals surface area contributed by atoms with Crippen LogP contribution in [0.3, 0.4) is 0 Å². The summed E-state index contributed by atoms with van der Waals surface area (Å²) in [6, 6.07) is 14.7. The van der Waals surface area contributed by atoms with Crippen LogP contribution in [0.5, 0.6) is 0 Å². The van der Waals surface area contributed by atoms with E-state index in [4.69, 9.17) is 17.3 Å². The zero-order valence-electron chi connectivity index (χ0n) is 17.1. The first-order valence-electron chi connectivity index (χ1n) is 10.2. The van der Waals surface area contributed by atoms with E-state index in [0.717, 1.165) is 35.3 Å². The average Bonchev–Trinajstić information content (AvgIpc) is 3.52. The number of carbonyl (C=O) groups is 1. The molecule has 32 heavy (non-hydrogen) atoms. The molecule has 1 saturated heterocycles. The minimum Gasteiger partial charge on any atom is -0.368 e. The molecule has 0 aliphatic carbocycles. The lowest BCUT2D eigenvalue weighted by atomic mass is 9.99. The number of nitrogen functional groups attached to an aromatic ring is 1. The highest BCUT2D eigenvalue weighted by molar-refractivity contribution is 6.30. The summed E-state index contributed by atoms with van der Waals surface area (Å²) in [6.45, 7) is 0.643. The van der Waals surface area contributed by atoms with Crippen LogP contribution in [0, 0.1) is 0 Å². The highest BCUT2D eigenvalue weighted by Gasteiger charge is 2.33. The summed E-state index contributed by atoms with van der Waals surface area (Å²) in [7, 11) is 0. The Morgan fingerprint density at radius 2 is 1.88 bits per heavy atom. The SMILES string of the molecule is Nc1ncc(-c2ccc(Cl)cc2)c([C@@H]2CCCN2C(=O)c2cccc(-n3cnnc3)c2)n1. The van der Waals surface area contributed by atoms with Gasteiger partial charge in [-0.3, -0.25) is 9.36 Å². The fourth-order valence-corrected chi connectivity index (χ4v) is 4.23. The van der Waals surface area contributed by atoms with E-state index < -0.39 is 0 Å². The van der Waals surface area contributed by atoms with Gasteiger partial charge in [0, 0.05) is 34.6 Å². The smallest absolute Gasteiger partial charge is 0.254 e. The summed E-state index contributed by atoms with van der Waals surface area (Å²) in [6.07, 6.45) is 6.60. The molecule has 1 fully saturated rings. The Kier molecular flexibility index (Phi) is 5.28. The van der Waals surface area contributed by atoms with Gasteiger partial charge in [-0.2, -0.15) is 0 Å². The minimum absolute atomic E-state index is 0.0540. The molecule has 1 amide bonds. The van der Waals surface area contributed by atoms with Crippen LogP contribution in [0.1, 0.15) is 34.9 Å². The number of benzene rings is 2. The number of nitrogens with zero attached hydrogens (tertiary/aromatic N) is 6. The lowest BCUT2D eigenvalue weighted by molar-refractivity contribution is 0.0733. The molecule has 5 rings (SSSR count). The molecular formula is C23H20ClN7O. The maximum absolute atomic E-state index is 13.5. The number of likely N-dealkylation sites (tertiary alicyclic amines) is 1. The molecular weight excluding hydrogens is 426 g/mol. The lowest BCUT2D eigenvalue weighted by Crippen LogP contribution is -2.31. The first-order chi connectivity index (χ1) is 15.6. The number of hydrogen-bond acceptors (Lipinski definition) is 6. The van der Waals surface area contributed by atoms with Crippen molar-refractivity contribution in [3.63, 3.8) is 0 Å². The van der Waals surface area contributed by atoms with E-state index in [2.05, 4.69) is 20.2 Å². The van der Waals surface area contributed by atoms with Crippen molar-refractivity contribution < 1.29 is 4.79 Å². The van der Waals surface area contributed by atoms with E-state index in [0.29, 0.717) is 17.1 Å². The van der Waals surface area contributed by atoms with E-state index in [1.54, 1.807) is 23.4 Å². The predicted octanol–water partition coefficient (Wildman–Crippen LogP) is 3.94. The Labute approximate surface area is 189 Å². The summed E-state index contributed by atoms with van der Waals surface area (Å²) in [5, 5.41) is 8.33. The monoisotopic (exact) mass is 445 g/mol.